The first-order valence-electron chi connectivity index (χ1n) is 10.1. The Morgan fingerprint density at radius 2 is 1.73 bits per heavy atom. The maximum absolute atomic E-state index is 13.0. The molecule has 6 heteroatoms. The van der Waals surface area contributed by atoms with E-state index in [1.165, 1.54) is 14.2 Å². The molecule has 2 aliphatic rings. The molecule has 1 aliphatic heterocycles. The van der Waals surface area contributed by atoms with Gasteiger partial charge < -0.3 is 19.2 Å². The van der Waals surface area contributed by atoms with Crippen molar-refractivity contribution in [3.8, 4) is 5.75 Å². The summed E-state index contributed by atoms with van der Waals surface area (Å²) in [6.07, 6.45) is 2.05. The molecule has 30 heavy (non-hydrogen) atoms. The maximum atomic E-state index is 13.0. The number of benzene rings is 2. The standard InChI is InChI=1S/C24H23NO5/c1-12-10-13-11-30-17-9-8-15-14-6-4-5-7-16(14)25-22(15)20(17)19(13)21(24(27)29-3)18(12)23(26)28-2/h4-10,12,18-19,21,25H,11H2,1-3H3/t12-,18+,19-,21-/m0/s1. The SMILES string of the molecule is COC(=O)[C@H]1[C@H](C(=O)OC)[C@H]2C(=C[C@@H]1C)COc1ccc3c([nH]c4ccccc43)c12. The first-order chi connectivity index (χ1) is 14.5. The minimum absolute atomic E-state index is 0.167. The molecule has 4 atom stereocenters. The molecule has 0 unspecified atom stereocenters. The zero-order chi connectivity index (χ0) is 21.0. The van der Waals surface area contributed by atoms with E-state index in [-0.39, 0.29) is 11.8 Å². The number of methoxy groups -OCH3 is 2. The molecule has 0 saturated carbocycles. The van der Waals surface area contributed by atoms with E-state index in [0.29, 0.717) is 6.61 Å². The average molecular weight is 405 g/mol. The Bertz CT molecular complexity index is 1210. The van der Waals surface area contributed by atoms with E-state index < -0.39 is 23.8 Å². The van der Waals surface area contributed by atoms with Crippen molar-refractivity contribution in [2.45, 2.75) is 12.8 Å². The van der Waals surface area contributed by atoms with Crippen molar-refractivity contribution in [1.82, 2.24) is 4.98 Å². The average Bonchev–Trinajstić information content (AvgIpc) is 3.15. The van der Waals surface area contributed by atoms with Crippen LogP contribution in [0.3, 0.4) is 0 Å². The smallest absolute Gasteiger partial charge is 0.310 e. The van der Waals surface area contributed by atoms with E-state index in [0.717, 1.165) is 38.7 Å². The molecular weight excluding hydrogens is 382 g/mol. The third kappa shape index (κ3) is 2.56. The topological polar surface area (TPSA) is 77.6 Å². The van der Waals surface area contributed by atoms with Crippen molar-refractivity contribution in [2.75, 3.05) is 20.8 Å². The van der Waals surface area contributed by atoms with Crippen LogP contribution in [0.2, 0.25) is 0 Å². The van der Waals surface area contributed by atoms with Gasteiger partial charge in [-0.2, -0.15) is 0 Å². The van der Waals surface area contributed by atoms with Crippen molar-refractivity contribution in [1.29, 1.82) is 0 Å². The van der Waals surface area contributed by atoms with E-state index in [1.54, 1.807) is 0 Å². The van der Waals surface area contributed by atoms with Gasteiger partial charge in [-0.1, -0.05) is 31.2 Å². The lowest BCUT2D eigenvalue weighted by Gasteiger charge is -2.41. The second-order valence-corrected chi connectivity index (χ2v) is 8.04. The number of fused-ring (bicyclic) bond motifs is 7. The van der Waals surface area contributed by atoms with Gasteiger partial charge in [0.05, 0.1) is 31.6 Å². The highest BCUT2D eigenvalue weighted by atomic mass is 16.5. The van der Waals surface area contributed by atoms with Crippen LogP contribution in [0.1, 0.15) is 18.4 Å². The number of para-hydroxylation sites is 1. The van der Waals surface area contributed by atoms with Gasteiger partial charge in [-0.25, -0.2) is 0 Å². The van der Waals surface area contributed by atoms with Crippen molar-refractivity contribution in [3.63, 3.8) is 0 Å². The second-order valence-electron chi connectivity index (χ2n) is 8.04. The van der Waals surface area contributed by atoms with Gasteiger partial charge in [0.15, 0.2) is 0 Å². The molecule has 5 rings (SSSR count). The fourth-order valence-electron chi connectivity index (χ4n) is 5.25. The van der Waals surface area contributed by atoms with E-state index in [1.807, 2.05) is 37.3 Å². The molecule has 1 aromatic heterocycles. The molecule has 0 fully saturated rings. The van der Waals surface area contributed by atoms with Crippen LogP contribution >= 0.6 is 0 Å². The number of ether oxygens (including phenoxy) is 3. The van der Waals surface area contributed by atoms with Crippen LogP contribution < -0.4 is 4.74 Å². The summed E-state index contributed by atoms with van der Waals surface area (Å²) in [5.74, 6) is -1.88. The molecule has 0 spiro atoms. The highest BCUT2D eigenvalue weighted by Gasteiger charge is 2.50. The van der Waals surface area contributed by atoms with Gasteiger partial charge in [0, 0.05) is 27.8 Å². The quantitative estimate of drug-likeness (QED) is 0.516. The number of aromatic nitrogens is 1. The van der Waals surface area contributed by atoms with E-state index in [2.05, 4.69) is 17.1 Å². The highest BCUT2D eigenvalue weighted by molar-refractivity contribution is 6.09. The van der Waals surface area contributed by atoms with Gasteiger partial charge in [-0.05, 0) is 29.7 Å². The molecule has 0 saturated heterocycles. The molecule has 3 aromatic rings. The van der Waals surface area contributed by atoms with Crippen LogP contribution in [-0.4, -0.2) is 37.7 Å². The Morgan fingerprint density at radius 3 is 2.50 bits per heavy atom. The Labute approximate surface area is 173 Å². The minimum atomic E-state index is -0.683. The van der Waals surface area contributed by atoms with Crippen LogP contribution in [0.5, 0.6) is 5.75 Å². The van der Waals surface area contributed by atoms with Crippen LogP contribution in [0.15, 0.2) is 48.0 Å². The number of hydrogen-bond donors (Lipinski definition) is 1. The monoisotopic (exact) mass is 405 g/mol. The fourth-order valence-corrected chi connectivity index (χ4v) is 5.25. The molecule has 1 N–H and O–H groups in total. The maximum Gasteiger partial charge on any atom is 0.310 e. The highest BCUT2D eigenvalue weighted by Crippen LogP contribution is 2.52. The van der Waals surface area contributed by atoms with Crippen LogP contribution in [0.4, 0.5) is 0 Å². The van der Waals surface area contributed by atoms with Gasteiger partial charge in [0.25, 0.3) is 0 Å². The van der Waals surface area contributed by atoms with Gasteiger partial charge in [0.1, 0.15) is 12.4 Å². The lowest BCUT2D eigenvalue weighted by Crippen LogP contribution is -2.44. The summed E-state index contributed by atoms with van der Waals surface area (Å²) in [4.78, 5) is 29.2. The lowest BCUT2D eigenvalue weighted by molar-refractivity contribution is -0.160. The van der Waals surface area contributed by atoms with Crippen LogP contribution in [0, 0.1) is 17.8 Å². The number of carbonyl (C=O) groups excluding carboxylic acids is 2. The molecule has 0 amide bonds. The van der Waals surface area contributed by atoms with Gasteiger partial charge in [0.2, 0.25) is 0 Å². The number of H-pyrrole nitrogens is 1. The number of hydrogen-bond acceptors (Lipinski definition) is 5. The molecule has 0 bridgehead atoms. The van der Waals surface area contributed by atoms with E-state index in [4.69, 9.17) is 14.2 Å². The first kappa shape index (κ1) is 18.7. The fraction of sp³-hybridized carbons (Fsp3) is 0.333. The van der Waals surface area contributed by atoms with E-state index >= 15 is 0 Å². The molecule has 154 valence electrons. The Hall–Kier alpha value is -3.28. The summed E-state index contributed by atoms with van der Waals surface area (Å²) in [6.45, 7) is 2.31. The predicted octanol–water partition coefficient (Wildman–Crippen LogP) is 3.95. The minimum Gasteiger partial charge on any atom is -0.489 e. The molecule has 0 radical (unpaired) electrons. The third-order valence-electron chi connectivity index (χ3n) is 6.52. The predicted molar refractivity (Wildman–Crippen MR) is 112 cm³/mol. The number of rotatable bonds is 2. The first-order valence-corrected chi connectivity index (χ1v) is 10.1. The van der Waals surface area contributed by atoms with Gasteiger partial charge >= 0.3 is 11.9 Å². The zero-order valence-electron chi connectivity index (χ0n) is 17.1. The van der Waals surface area contributed by atoms with Crippen molar-refractivity contribution < 1.29 is 23.8 Å². The van der Waals surface area contributed by atoms with Crippen molar-refractivity contribution in [2.24, 2.45) is 17.8 Å². The summed E-state index contributed by atoms with van der Waals surface area (Å²) in [6, 6.07) is 12.1. The third-order valence-corrected chi connectivity index (χ3v) is 6.52. The molecule has 1 aliphatic carbocycles. The Balaban J connectivity index is 1.80. The second kappa shape index (κ2) is 6.90. The van der Waals surface area contributed by atoms with Crippen LogP contribution in [-0.2, 0) is 19.1 Å². The van der Waals surface area contributed by atoms with Gasteiger partial charge in [-0.3, -0.25) is 9.59 Å². The largest absolute Gasteiger partial charge is 0.489 e. The molecule has 2 heterocycles. The normalized spacial score (nSPS) is 25.1. The number of nitrogens with one attached hydrogen (secondary N) is 1. The van der Waals surface area contributed by atoms with Crippen LogP contribution in [0.25, 0.3) is 21.8 Å². The zero-order valence-corrected chi connectivity index (χ0v) is 17.1. The molecular formula is C24H23NO5. The summed E-state index contributed by atoms with van der Waals surface area (Å²) in [7, 11) is 2.72. The van der Waals surface area contributed by atoms with Crippen molar-refractivity contribution >= 4 is 33.7 Å². The number of carbonyl (C=O) groups is 2. The number of allylic oxidation sites excluding steroid dienone is 1. The Morgan fingerprint density at radius 1 is 1.00 bits per heavy atom. The lowest BCUT2D eigenvalue weighted by atomic mass is 9.64. The summed E-state index contributed by atoms with van der Waals surface area (Å²) in [5, 5.41) is 2.17. The summed E-state index contributed by atoms with van der Waals surface area (Å²) >= 11 is 0. The summed E-state index contributed by atoms with van der Waals surface area (Å²) in [5.41, 5.74) is 3.84. The molecule has 6 nitrogen and oxygen atoms in total. The number of esters is 2. The number of aromatic amines is 1. The Kier molecular flexibility index (Phi) is 4.31. The van der Waals surface area contributed by atoms with Crippen molar-refractivity contribution in [3.05, 3.63) is 53.6 Å². The van der Waals surface area contributed by atoms with E-state index in [9.17, 15) is 9.59 Å². The van der Waals surface area contributed by atoms with Gasteiger partial charge in [-0.15, -0.1) is 0 Å². The summed E-state index contributed by atoms with van der Waals surface area (Å²) < 4.78 is 16.3. The molecule has 2 aromatic carbocycles.